The van der Waals surface area contributed by atoms with Gasteiger partial charge in [-0.05, 0) is 56.2 Å². The Morgan fingerprint density at radius 2 is 1.40 bits per heavy atom. The molecule has 1 aromatic heterocycles. The number of benzene rings is 2. The lowest BCUT2D eigenvalue weighted by Crippen LogP contribution is -2.42. The van der Waals surface area contributed by atoms with Crippen molar-refractivity contribution in [2.75, 3.05) is 43.2 Å². The van der Waals surface area contributed by atoms with Crippen LogP contribution in [0.4, 0.5) is 37.8 Å². The van der Waals surface area contributed by atoms with Crippen molar-refractivity contribution in [2.45, 2.75) is 38.5 Å². The summed E-state index contributed by atoms with van der Waals surface area (Å²) in [5.74, 6) is -0.0373. The van der Waals surface area contributed by atoms with Crippen LogP contribution >= 0.6 is 0 Å². The molecule has 0 N–H and O–H groups in total. The van der Waals surface area contributed by atoms with E-state index in [1.54, 1.807) is 0 Å². The van der Waals surface area contributed by atoms with E-state index in [1.807, 2.05) is 42.2 Å². The van der Waals surface area contributed by atoms with E-state index in [0.29, 0.717) is 55.5 Å². The highest BCUT2D eigenvalue weighted by Crippen LogP contribution is 2.41. The summed E-state index contributed by atoms with van der Waals surface area (Å²) >= 11 is 0. The van der Waals surface area contributed by atoms with Gasteiger partial charge in [-0.3, -0.25) is 4.79 Å². The number of hydrogen-bond donors (Lipinski definition) is 0. The minimum Gasteiger partial charge on any atom is -0.378 e. The van der Waals surface area contributed by atoms with Gasteiger partial charge in [0.25, 0.3) is 0 Å². The molecular weight excluding hydrogens is 536 g/mol. The molecule has 11 heteroatoms. The molecule has 4 rings (SSSR count). The Hall–Kier alpha value is -3.60. The predicted octanol–water partition coefficient (Wildman–Crippen LogP) is 6.87. The van der Waals surface area contributed by atoms with Gasteiger partial charge in [0.2, 0.25) is 5.91 Å². The van der Waals surface area contributed by atoms with Crippen LogP contribution in [-0.4, -0.2) is 44.2 Å². The van der Waals surface area contributed by atoms with Gasteiger partial charge in [0, 0.05) is 25.7 Å². The lowest BCUT2D eigenvalue weighted by atomic mass is 9.81. The fourth-order valence-corrected chi connectivity index (χ4v) is 4.60. The summed E-state index contributed by atoms with van der Waals surface area (Å²) < 4.78 is 86.6. The smallest absolute Gasteiger partial charge is 0.378 e. The molecule has 3 aromatic rings. The van der Waals surface area contributed by atoms with Crippen LogP contribution in [0.15, 0.2) is 54.7 Å². The van der Waals surface area contributed by atoms with Gasteiger partial charge in [-0.1, -0.05) is 29.8 Å². The molecule has 2 aromatic carbocycles. The molecule has 0 radical (unpaired) electrons. The van der Waals surface area contributed by atoms with E-state index in [1.165, 1.54) is 32.0 Å². The number of aromatic nitrogens is 1. The minimum absolute atomic E-state index is 0.0531. The van der Waals surface area contributed by atoms with E-state index in [-0.39, 0.29) is 6.07 Å². The van der Waals surface area contributed by atoms with Crippen LogP contribution in [0.2, 0.25) is 0 Å². The second kappa shape index (κ2) is 10.8. The van der Waals surface area contributed by atoms with Crippen molar-refractivity contribution in [3.8, 4) is 11.1 Å². The van der Waals surface area contributed by atoms with E-state index in [4.69, 9.17) is 4.74 Å². The molecule has 1 aliphatic heterocycles. The summed E-state index contributed by atoms with van der Waals surface area (Å²) in [7, 11) is 1.44. The number of anilines is 2. The van der Waals surface area contributed by atoms with Gasteiger partial charge in [0.15, 0.2) is 0 Å². The Labute approximate surface area is 228 Å². The molecule has 0 bridgehead atoms. The maximum Gasteiger partial charge on any atom is 0.416 e. The molecule has 40 heavy (non-hydrogen) atoms. The van der Waals surface area contributed by atoms with Gasteiger partial charge in [-0.2, -0.15) is 26.3 Å². The van der Waals surface area contributed by atoms with Crippen molar-refractivity contribution in [2.24, 2.45) is 0 Å². The third-order valence-corrected chi connectivity index (χ3v) is 7.08. The van der Waals surface area contributed by atoms with Crippen LogP contribution < -0.4 is 9.80 Å². The van der Waals surface area contributed by atoms with Gasteiger partial charge in [-0.15, -0.1) is 0 Å². The van der Waals surface area contributed by atoms with E-state index in [2.05, 4.69) is 4.98 Å². The van der Waals surface area contributed by atoms with Crippen molar-refractivity contribution in [3.63, 3.8) is 0 Å². The average molecular weight is 566 g/mol. The number of alkyl halides is 6. The number of likely N-dealkylation sites (N-methyl/N-ethyl adjacent to an activating group) is 1. The molecule has 0 spiro atoms. The fourth-order valence-electron chi connectivity index (χ4n) is 4.60. The number of hydrogen-bond acceptors (Lipinski definition) is 4. The first-order chi connectivity index (χ1) is 18.6. The normalized spacial score (nSPS) is 14.8. The maximum atomic E-state index is 13.8. The summed E-state index contributed by atoms with van der Waals surface area (Å²) in [6.45, 7) is 6.86. The number of ether oxygens (including phenoxy) is 1. The molecule has 214 valence electrons. The Bertz CT molecular complexity index is 1350. The fraction of sp³-hybridized carbons (Fsp3) is 0.379. The van der Waals surface area contributed by atoms with Gasteiger partial charge in [-0.25, -0.2) is 4.98 Å². The molecular formula is C29H29F6N3O2. The van der Waals surface area contributed by atoms with Crippen molar-refractivity contribution in [3.05, 3.63) is 77.0 Å². The molecule has 2 heterocycles. The number of nitrogens with zero attached hydrogens (tertiary/aromatic N) is 3. The number of aryl methyl sites for hydroxylation is 1. The minimum atomic E-state index is -5.03. The number of pyridine rings is 1. The molecule has 0 atom stereocenters. The lowest BCUT2D eigenvalue weighted by molar-refractivity contribution is -0.143. The zero-order chi connectivity index (χ0) is 29.5. The van der Waals surface area contributed by atoms with E-state index in [9.17, 15) is 31.1 Å². The highest BCUT2D eigenvalue weighted by atomic mass is 19.4. The van der Waals surface area contributed by atoms with Gasteiger partial charge in [0.1, 0.15) is 5.82 Å². The van der Waals surface area contributed by atoms with E-state index >= 15 is 0 Å². The van der Waals surface area contributed by atoms with Crippen LogP contribution in [0.25, 0.3) is 11.1 Å². The first-order valence-electron chi connectivity index (χ1n) is 12.6. The molecule has 1 fully saturated rings. The van der Waals surface area contributed by atoms with Crippen molar-refractivity contribution >= 4 is 17.4 Å². The Kier molecular flexibility index (Phi) is 7.90. The predicted molar refractivity (Wildman–Crippen MR) is 140 cm³/mol. The second-order valence-corrected chi connectivity index (χ2v) is 10.3. The number of rotatable bonds is 5. The van der Waals surface area contributed by atoms with Crippen molar-refractivity contribution in [1.29, 1.82) is 0 Å². The van der Waals surface area contributed by atoms with Crippen LogP contribution in [0.1, 0.15) is 36.1 Å². The molecule has 1 amide bonds. The summed E-state index contributed by atoms with van der Waals surface area (Å²) in [6.07, 6.45) is -8.56. The van der Waals surface area contributed by atoms with Gasteiger partial charge in [0.05, 0.1) is 41.6 Å². The van der Waals surface area contributed by atoms with Crippen molar-refractivity contribution in [1.82, 2.24) is 4.98 Å². The zero-order valence-electron chi connectivity index (χ0n) is 22.5. The Balaban J connectivity index is 1.79. The number of carbonyl (C=O) groups is 1. The number of morpholine rings is 1. The number of amides is 1. The first kappa shape index (κ1) is 29.4. The topological polar surface area (TPSA) is 45.7 Å². The SMILES string of the molecule is Cc1ccc(-c2cc(N3CCOCC3)ncc2N(C)C(=O)C(C)(C)c2cc(C(F)(F)F)cc(C(F)(F)F)c2)cc1. The molecule has 0 saturated carbocycles. The Morgan fingerprint density at radius 1 is 0.875 bits per heavy atom. The molecule has 0 unspecified atom stereocenters. The third-order valence-electron chi connectivity index (χ3n) is 7.08. The van der Waals surface area contributed by atoms with Crippen LogP contribution in [0.5, 0.6) is 0 Å². The monoisotopic (exact) mass is 565 g/mol. The maximum absolute atomic E-state index is 13.8. The summed E-state index contributed by atoms with van der Waals surface area (Å²) in [4.78, 5) is 21.6. The van der Waals surface area contributed by atoms with Crippen LogP contribution in [-0.2, 0) is 27.3 Å². The van der Waals surface area contributed by atoms with Gasteiger partial charge < -0.3 is 14.5 Å². The summed E-state index contributed by atoms with van der Waals surface area (Å²) in [5, 5.41) is 0. The molecule has 1 saturated heterocycles. The molecule has 5 nitrogen and oxygen atoms in total. The molecule has 1 aliphatic rings. The van der Waals surface area contributed by atoms with Crippen LogP contribution in [0.3, 0.4) is 0 Å². The van der Waals surface area contributed by atoms with E-state index < -0.39 is 40.4 Å². The zero-order valence-corrected chi connectivity index (χ0v) is 22.5. The van der Waals surface area contributed by atoms with Crippen molar-refractivity contribution < 1.29 is 35.9 Å². The highest BCUT2D eigenvalue weighted by molar-refractivity contribution is 6.03. The Morgan fingerprint density at radius 3 is 1.93 bits per heavy atom. The van der Waals surface area contributed by atoms with Gasteiger partial charge >= 0.3 is 12.4 Å². The number of halogens is 6. The number of carbonyl (C=O) groups excluding carboxylic acids is 1. The average Bonchev–Trinajstić information content (AvgIpc) is 2.91. The summed E-state index contributed by atoms with van der Waals surface area (Å²) in [5.41, 5.74) is -2.30. The second-order valence-electron chi connectivity index (χ2n) is 10.3. The van der Waals surface area contributed by atoms with E-state index in [0.717, 1.165) is 11.1 Å². The third kappa shape index (κ3) is 6.09. The molecule has 0 aliphatic carbocycles. The highest BCUT2D eigenvalue weighted by Gasteiger charge is 2.41. The quantitative estimate of drug-likeness (QED) is 0.317. The van der Waals surface area contributed by atoms with Crippen LogP contribution in [0, 0.1) is 6.92 Å². The standard InChI is InChI=1S/C29H29F6N3O2/c1-18-5-7-19(8-6-18)23-16-25(38-9-11-40-12-10-38)36-17-24(23)37(4)26(39)27(2,3)20-13-21(28(30,31)32)15-22(14-20)29(33,34)35/h5-8,13-17H,9-12H2,1-4H3. The first-order valence-corrected chi connectivity index (χ1v) is 12.6. The lowest BCUT2D eigenvalue weighted by Gasteiger charge is -2.33. The summed E-state index contributed by atoms with van der Waals surface area (Å²) in [6, 6.07) is 10.6. The largest absolute Gasteiger partial charge is 0.416 e.